The van der Waals surface area contributed by atoms with E-state index >= 15 is 0 Å². The minimum absolute atomic E-state index is 0.112. The zero-order valence-electron chi connectivity index (χ0n) is 35.6. The van der Waals surface area contributed by atoms with Crippen molar-refractivity contribution >= 4 is 71.6 Å². The number of anilines is 3. The van der Waals surface area contributed by atoms with Gasteiger partial charge in [0.05, 0.1) is 16.7 Å². The van der Waals surface area contributed by atoms with Gasteiger partial charge in [-0.05, 0) is 117 Å². The predicted octanol–water partition coefficient (Wildman–Crippen LogP) is 16.9. The summed E-state index contributed by atoms with van der Waals surface area (Å²) in [5.74, 6) is 0. The molecule has 10 aromatic carbocycles. The summed E-state index contributed by atoms with van der Waals surface area (Å²) in [7, 11) is 0. The molecule has 0 amide bonds. The average molecular weight is 819 g/mol. The standard InChI is InChI=1S/C61H42N2O/c1-61(2)54-22-9-5-17-48(54)51-21-13-20-46(59(51)61)40-26-30-42(31-27-40)62(43-32-34-44(35-33-43)63-56-24-11-7-18-49(56)50-19-8-12-25-57(50)63)55-23-10-6-15-45(55)41-29-37-58-53(38-41)52-36-28-39-14-3-4-16-47(39)60(52)64-58/h3-38H,1-2H3. The minimum atomic E-state index is -0.112. The highest BCUT2D eigenvalue weighted by molar-refractivity contribution is 6.16. The third kappa shape index (κ3) is 5.41. The van der Waals surface area contributed by atoms with Crippen molar-refractivity contribution in [2.45, 2.75) is 19.3 Å². The molecule has 3 heteroatoms. The van der Waals surface area contributed by atoms with Gasteiger partial charge in [0.15, 0.2) is 0 Å². The van der Waals surface area contributed by atoms with Crippen LogP contribution in [0, 0.1) is 0 Å². The molecule has 0 saturated heterocycles. The fourth-order valence-electron chi connectivity index (χ4n) is 10.8. The Morgan fingerprint density at radius 2 is 1.02 bits per heavy atom. The number of nitrogens with zero attached hydrogens (tertiary/aromatic N) is 2. The number of furan rings is 1. The van der Waals surface area contributed by atoms with Gasteiger partial charge in [-0.2, -0.15) is 0 Å². The van der Waals surface area contributed by atoms with Crippen molar-refractivity contribution in [3.05, 3.63) is 230 Å². The Kier molecular flexibility index (Phi) is 7.95. The van der Waals surface area contributed by atoms with E-state index in [9.17, 15) is 0 Å². The van der Waals surface area contributed by atoms with Gasteiger partial charge in [0.25, 0.3) is 0 Å². The topological polar surface area (TPSA) is 21.3 Å². The molecule has 0 atom stereocenters. The van der Waals surface area contributed by atoms with Crippen LogP contribution in [0.15, 0.2) is 223 Å². The highest BCUT2D eigenvalue weighted by Gasteiger charge is 2.37. The van der Waals surface area contributed by atoms with Crippen LogP contribution in [0.25, 0.3) is 93.6 Å². The summed E-state index contributed by atoms with van der Waals surface area (Å²) in [5.41, 5.74) is 18.7. The van der Waals surface area contributed by atoms with E-state index in [-0.39, 0.29) is 5.41 Å². The summed E-state index contributed by atoms with van der Waals surface area (Å²) >= 11 is 0. The van der Waals surface area contributed by atoms with Gasteiger partial charge in [0.2, 0.25) is 0 Å². The molecule has 0 aliphatic heterocycles. The van der Waals surface area contributed by atoms with Gasteiger partial charge in [0, 0.05) is 55.0 Å². The third-order valence-corrected chi connectivity index (χ3v) is 13.8. The Balaban J connectivity index is 0.968. The lowest BCUT2D eigenvalue weighted by atomic mass is 9.79. The van der Waals surface area contributed by atoms with Crippen LogP contribution in [0.4, 0.5) is 17.1 Å². The normalized spacial score (nSPS) is 13.0. The number of benzene rings is 10. The van der Waals surface area contributed by atoms with Crippen molar-refractivity contribution in [3.63, 3.8) is 0 Å². The highest BCUT2D eigenvalue weighted by atomic mass is 16.3. The highest BCUT2D eigenvalue weighted by Crippen LogP contribution is 2.52. The molecule has 2 aromatic heterocycles. The molecule has 1 aliphatic carbocycles. The maximum absolute atomic E-state index is 6.56. The first-order valence-corrected chi connectivity index (χ1v) is 22.2. The van der Waals surface area contributed by atoms with E-state index in [0.717, 1.165) is 61.2 Å². The molecule has 3 nitrogen and oxygen atoms in total. The third-order valence-electron chi connectivity index (χ3n) is 13.8. The quantitative estimate of drug-likeness (QED) is 0.167. The molecule has 0 saturated carbocycles. The van der Waals surface area contributed by atoms with Crippen molar-refractivity contribution in [1.82, 2.24) is 4.57 Å². The van der Waals surface area contributed by atoms with Crippen LogP contribution in [-0.4, -0.2) is 4.57 Å². The van der Waals surface area contributed by atoms with E-state index < -0.39 is 0 Å². The molecule has 0 N–H and O–H groups in total. The summed E-state index contributed by atoms with van der Waals surface area (Å²) in [6, 6.07) is 79.6. The van der Waals surface area contributed by atoms with Gasteiger partial charge in [-0.3, -0.25) is 0 Å². The first-order valence-electron chi connectivity index (χ1n) is 22.2. The molecule has 0 spiro atoms. The van der Waals surface area contributed by atoms with Crippen molar-refractivity contribution in [3.8, 4) is 39.1 Å². The Hall–Kier alpha value is -8.14. The maximum atomic E-state index is 6.56. The van der Waals surface area contributed by atoms with E-state index in [1.807, 2.05) is 0 Å². The Morgan fingerprint density at radius 3 is 1.78 bits per heavy atom. The lowest BCUT2D eigenvalue weighted by molar-refractivity contribution is 0.662. The molecule has 13 rings (SSSR count). The molecule has 64 heavy (non-hydrogen) atoms. The van der Waals surface area contributed by atoms with Crippen molar-refractivity contribution in [1.29, 1.82) is 0 Å². The molecular weight excluding hydrogens is 777 g/mol. The van der Waals surface area contributed by atoms with Gasteiger partial charge in [-0.15, -0.1) is 0 Å². The minimum Gasteiger partial charge on any atom is -0.455 e. The Morgan fingerprint density at radius 1 is 0.422 bits per heavy atom. The Labute approximate surface area is 371 Å². The van der Waals surface area contributed by atoms with Crippen LogP contribution in [-0.2, 0) is 5.41 Å². The molecule has 0 unspecified atom stereocenters. The van der Waals surface area contributed by atoms with Crippen molar-refractivity contribution in [2.24, 2.45) is 0 Å². The number of hydrogen-bond donors (Lipinski definition) is 0. The fourth-order valence-corrected chi connectivity index (χ4v) is 10.8. The summed E-state index contributed by atoms with van der Waals surface area (Å²) in [6.07, 6.45) is 0. The molecule has 302 valence electrons. The molecule has 0 bridgehead atoms. The molecular formula is C61H42N2O. The van der Waals surface area contributed by atoms with Crippen LogP contribution < -0.4 is 4.90 Å². The van der Waals surface area contributed by atoms with Gasteiger partial charge in [-0.25, -0.2) is 0 Å². The number of fused-ring (bicyclic) bond motifs is 11. The van der Waals surface area contributed by atoms with Crippen LogP contribution in [0.2, 0.25) is 0 Å². The summed E-state index contributed by atoms with van der Waals surface area (Å²) in [6.45, 7) is 4.73. The van der Waals surface area contributed by atoms with Gasteiger partial charge < -0.3 is 13.9 Å². The van der Waals surface area contributed by atoms with Crippen LogP contribution >= 0.6 is 0 Å². The SMILES string of the molecule is CC1(C)c2ccccc2-c2cccc(-c3ccc(N(c4ccc(-n5c6ccccc6c6ccccc65)cc4)c4ccccc4-c4ccc5oc6c7ccccc7ccc6c5c4)cc3)c21. The van der Waals surface area contributed by atoms with E-state index in [1.54, 1.807) is 0 Å². The van der Waals surface area contributed by atoms with E-state index in [1.165, 1.54) is 60.6 Å². The number of rotatable bonds is 6. The first-order chi connectivity index (χ1) is 31.5. The monoisotopic (exact) mass is 818 g/mol. The molecule has 0 radical (unpaired) electrons. The molecule has 12 aromatic rings. The molecule has 1 aliphatic rings. The van der Waals surface area contributed by atoms with E-state index in [2.05, 4.69) is 242 Å². The second-order valence-electron chi connectivity index (χ2n) is 17.7. The van der Waals surface area contributed by atoms with Crippen LogP contribution in [0.5, 0.6) is 0 Å². The van der Waals surface area contributed by atoms with Crippen molar-refractivity contribution < 1.29 is 4.42 Å². The predicted molar refractivity (Wildman–Crippen MR) is 269 cm³/mol. The summed E-state index contributed by atoms with van der Waals surface area (Å²) in [4.78, 5) is 2.41. The molecule has 2 heterocycles. The number of hydrogen-bond acceptors (Lipinski definition) is 2. The van der Waals surface area contributed by atoms with Gasteiger partial charge in [0.1, 0.15) is 11.2 Å². The van der Waals surface area contributed by atoms with Gasteiger partial charge >= 0.3 is 0 Å². The average Bonchev–Trinajstić information content (AvgIpc) is 3.98. The number of para-hydroxylation sites is 3. The van der Waals surface area contributed by atoms with Crippen LogP contribution in [0.3, 0.4) is 0 Å². The smallest absolute Gasteiger partial charge is 0.143 e. The lowest BCUT2D eigenvalue weighted by Crippen LogP contribution is -2.16. The number of aromatic nitrogens is 1. The zero-order chi connectivity index (χ0) is 42.5. The lowest BCUT2D eigenvalue weighted by Gasteiger charge is -2.29. The summed E-state index contributed by atoms with van der Waals surface area (Å²) in [5, 5.41) is 7.05. The largest absolute Gasteiger partial charge is 0.455 e. The summed E-state index contributed by atoms with van der Waals surface area (Å²) < 4.78 is 8.94. The van der Waals surface area contributed by atoms with Crippen molar-refractivity contribution in [2.75, 3.05) is 4.90 Å². The molecule has 0 fully saturated rings. The second kappa shape index (κ2) is 13.9. The van der Waals surface area contributed by atoms with Crippen LogP contribution in [0.1, 0.15) is 25.0 Å². The first kappa shape index (κ1) is 36.5. The maximum Gasteiger partial charge on any atom is 0.143 e. The van der Waals surface area contributed by atoms with E-state index in [4.69, 9.17) is 4.42 Å². The second-order valence-corrected chi connectivity index (χ2v) is 17.7. The van der Waals surface area contributed by atoms with Gasteiger partial charge in [-0.1, -0.05) is 159 Å². The fraction of sp³-hybridized carbons (Fsp3) is 0.0492. The Bertz CT molecular complexity index is 3760. The van der Waals surface area contributed by atoms with E-state index in [0.29, 0.717) is 0 Å². The zero-order valence-corrected chi connectivity index (χ0v) is 35.6.